The Morgan fingerprint density at radius 3 is 2.78 bits per heavy atom. The van der Waals surface area contributed by atoms with E-state index >= 15 is 0 Å². The van der Waals surface area contributed by atoms with Gasteiger partial charge in [-0.15, -0.1) is 0 Å². The molecule has 0 aromatic heterocycles. The maximum Gasteiger partial charge on any atom is 0.275 e. The maximum atomic E-state index is 11.6. The summed E-state index contributed by atoms with van der Waals surface area (Å²) >= 11 is 0. The molecule has 0 bridgehead atoms. The molecule has 3 N–H and O–H groups in total. The highest BCUT2D eigenvalue weighted by Gasteiger charge is 2.33. The van der Waals surface area contributed by atoms with E-state index in [9.17, 15) is 18.5 Å². The van der Waals surface area contributed by atoms with Crippen LogP contribution in [0.3, 0.4) is 0 Å². The second kappa shape index (κ2) is 4.63. The van der Waals surface area contributed by atoms with E-state index in [0.29, 0.717) is 24.9 Å². The third-order valence-electron chi connectivity index (χ3n) is 2.91. The summed E-state index contributed by atoms with van der Waals surface area (Å²) in [5, 5.41) is 17.7. The van der Waals surface area contributed by atoms with Crippen molar-refractivity contribution >= 4 is 15.7 Å². The summed E-state index contributed by atoms with van der Waals surface area (Å²) in [5.74, 6) is 0. The van der Waals surface area contributed by atoms with Gasteiger partial charge in [0.1, 0.15) is 0 Å². The molecule has 1 aromatic carbocycles. The molecule has 0 saturated heterocycles. The van der Waals surface area contributed by atoms with Crippen LogP contribution in [0.15, 0.2) is 18.2 Å². The fraction of sp³-hybridized carbons (Fsp3) is 0.400. The summed E-state index contributed by atoms with van der Waals surface area (Å²) in [6, 6.07) is 4.56. The first-order valence-electron chi connectivity index (χ1n) is 5.42. The van der Waals surface area contributed by atoms with Crippen LogP contribution in [0.25, 0.3) is 0 Å². The quantitative estimate of drug-likeness (QED) is 0.597. The van der Waals surface area contributed by atoms with Crippen molar-refractivity contribution in [3.8, 4) is 0 Å². The van der Waals surface area contributed by atoms with Crippen molar-refractivity contribution in [2.45, 2.75) is 18.2 Å². The lowest BCUT2D eigenvalue weighted by molar-refractivity contribution is -0.385. The standard InChI is InChI=1S/C10H13N3O4S/c11-18(16,17)10-9-7(4-2-6-12-10)3-1-5-8(9)13(14)15/h1,3,5,10,12H,2,4,6H2,(H2,11,16,17). The number of fused-ring (bicyclic) bond motifs is 1. The molecule has 98 valence electrons. The normalized spacial score (nSPS) is 19.9. The first-order valence-corrected chi connectivity index (χ1v) is 7.03. The predicted molar refractivity (Wildman–Crippen MR) is 65.3 cm³/mol. The second-order valence-corrected chi connectivity index (χ2v) is 5.78. The number of rotatable bonds is 2. The smallest absolute Gasteiger partial charge is 0.275 e. The molecule has 18 heavy (non-hydrogen) atoms. The average Bonchev–Trinajstić information content (AvgIpc) is 2.49. The van der Waals surface area contributed by atoms with Crippen LogP contribution < -0.4 is 10.5 Å². The van der Waals surface area contributed by atoms with E-state index in [1.165, 1.54) is 6.07 Å². The topological polar surface area (TPSA) is 115 Å². The van der Waals surface area contributed by atoms with E-state index in [-0.39, 0.29) is 11.3 Å². The van der Waals surface area contributed by atoms with Crippen molar-refractivity contribution in [2.75, 3.05) is 6.54 Å². The number of nitrogens with zero attached hydrogens (tertiary/aromatic N) is 1. The maximum absolute atomic E-state index is 11.6. The number of hydrogen-bond acceptors (Lipinski definition) is 5. The van der Waals surface area contributed by atoms with Crippen LogP contribution in [0.2, 0.25) is 0 Å². The first kappa shape index (κ1) is 12.9. The lowest BCUT2D eigenvalue weighted by Crippen LogP contribution is -2.33. The van der Waals surface area contributed by atoms with Crippen LogP contribution in [-0.2, 0) is 16.4 Å². The summed E-state index contributed by atoms with van der Waals surface area (Å²) in [4.78, 5) is 10.4. The van der Waals surface area contributed by atoms with E-state index in [2.05, 4.69) is 5.32 Å². The van der Waals surface area contributed by atoms with Crippen LogP contribution in [0.5, 0.6) is 0 Å². The number of nitro benzene ring substituents is 1. The summed E-state index contributed by atoms with van der Waals surface area (Å²) in [6.07, 6.45) is 1.30. The van der Waals surface area contributed by atoms with Gasteiger partial charge in [0.25, 0.3) is 5.69 Å². The molecule has 2 rings (SSSR count). The molecule has 1 aliphatic rings. The number of aryl methyl sites for hydroxylation is 1. The van der Waals surface area contributed by atoms with Gasteiger partial charge in [-0.2, -0.15) is 0 Å². The molecule has 0 saturated carbocycles. The fourth-order valence-corrected chi connectivity index (χ4v) is 3.12. The van der Waals surface area contributed by atoms with Gasteiger partial charge in [-0.05, 0) is 24.9 Å². The summed E-state index contributed by atoms with van der Waals surface area (Å²) in [6.45, 7) is 0.451. The van der Waals surface area contributed by atoms with Crippen LogP contribution >= 0.6 is 0 Å². The molecule has 1 heterocycles. The van der Waals surface area contributed by atoms with E-state index in [0.717, 1.165) is 0 Å². The number of nitro groups is 1. The Labute approximate surface area is 104 Å². The lowest BCUT2D eigenvalue weighted by atomic mass is 10.0. The number of primary sulfonamides is 1. The lowest BCUT2D eigenvalue weighted by Gasteiger charge is -2.16. The Hall–Kier alpha value is -1.51. The molecule has 1 aliphatic heterocycles. The van der Waals surface area contributed by atoms with Gasteiger partial charge in [-0.25, -0.2) is 13.6 Å². The molecular weight excluding hydrogens is 258 g/mol. The Kier molecular flexibility index (Phi) is 3.33. The van der Waals surface area contributed by atoms with Gasteiger partial charge in [0.15, 0.2) is 5.37 Å². The number of nitrogens with one attached hydrogen (secondary N) is 1. The third kappa shape index (κ3) is 2.35. The van der Waals surface area contributed by atoms with Gasteiger partial charge in [0.2, 0.25) is 10.0 Å². The Morgan fingerprint density at radius 1 is 1.44 bits per heavy atom. The van der Waals surface area contributed by atoms with Crippen LogP contribution in [-0.4, -0.2) is 19.9 Å². The van der Waals surface area contributed by atoms with E-state index in [4.69, 9.17) is 5.14 Å². The van der Waals surface area contributed by atoms with Crippen molar-refractivity contribution in [1.29, 1.82) is 0 Å². The van der Waals surface area contributed by atoms with Gasteiger partial charge >= 0.3 is 0 Å². The highest BCUT2D eigenvalue weighted by atomic mass is 32.2. The highest BCUT2D eigenvalue weighted by molar-refractivity contribution is 7.89. The predicted octanol–water partition coefficient (Wildman–Crippen LogP) is 0.418. The Bertz CT molecular complexity index is 585. The third-order valence-corrected chi connectivity index (χ3v) is 3.97. The zero-order valence-corrected chi connectivity index (χ0v) is 10.3. The molecule has 0 spiro atoms. The number of nitrogens with two attached hydrogens (primary N) is 1. The van der Waals surface area contributed by atoms with Crippen molar-refractivity contribution in [3.05, 3.63) is 39.4 Å². The molecule has 8 heteroatoms. The molecule has 1 unspecified atom stereocenters. The van der Waals surface area contributed by atoms with Gasteiger partial charge in [0.05, 0.1) is 10.5 Å². The number of hydrogen-bond donors (Lipinski definition) is 2. The molecule has 0 radical (unpaired) electrons. The molecule has 0 aliphatic carbocycles. The SMILES string of the molecule is NS(=O)(=O)C1NCCCc2cccc([N+](=O)[O-])c21. The van der Waals surface area contributed by atoms with Crippen molar-refractivity contribution in [3.63, 3.8) is 0 Å². The monoisotopic (exact) mass is 271 g/mol. The largest absolute Gasteiger partial charge is 0.296 e. The molecule has 0 fully saturated rings. The van der Waals surface area contributed by atoms with Gasteiger partial charge < -0.3 is 0 Å². The van der Waals surface area contributed by atoms with Gasteiger partial charge in [-0.3, -0.25) is 15.4 Å². The highest BCUT2D eigenvalue weighted by Crippen LogP contribution is 2.33. The molecule has 1 atom stereocenters. The summed E-state index contributed by atoms with van der Waals surface area (Å²) < 4.78 is 23.1. The minimum atomic E-state index is -3.93. The van der Waals surface area contributed by atoms with E-state index in [1.54, 1.807) is 12.1 Å². The Morgan fingerprint density at radius 2 is 2.17 bits per heavy atom. The molecule has 7 nitrogen and oxygen atoms in total. The summed E-state index contributed by atoms with van der Waals surface area (Å²) in [5.41, 5.74) is 0.622. The minimum Gasteiger partial charge on any atom is -0.296 e. The van der Waals surface area contributed by atoms with Crippen LogP contribution in [0, 0.1) is 10.1 Å². The van der Waals surface area contributed by atoms with Gasteiger partial charge in [0, 0.05) is 6.07 Å². The van der Waals surface area contributed by atoms with Crippen LogP contribution in [0.4, 0.5) is 5.69 Å². The van der Waals surface area contributed by atoms with E-state index in [1.807, 2.05) is 0 Å². The zero-order chi connectivity index (χ0) is 13.3. The van der Waals surface area contributed by atoms with E-state index < -0.39 is 20.3 Å². The minimum absolute atomic E-state index is 0.169. The number of benzene rings is 1. The van der Waals surface area contributed by atoms with Crippen molar-refractivity contribution in [2.24, 2.45) is 5.14 Å². The average molecular weight is 271 g/mol. The summed E-state index contributed by atoms with van der Waals surface area (Å²) in [7, 11) is -3.93. The van der Waals surface area contributed by atoms with Crippen molar-refractivity contribution < 1.29 is 13.3 Å². The first-order chi connectivity index (χ1) is 8.41. The number of sulfonamides is 1. The molecule has 0 amide bonds. The molecule has 1 aromatic rings. The van der Waals surface area contributed by atoms with Gasteiger partial charge in [-0.1, -0.05) is 12.1 Å². The second-order valence-electron chi connectivity index (χ2n) is 4.13. The zero-order valence-electron chi connectivity index (χ0n) is 9.50. The van der Waals surface area contributed by atoms with Crippen LogP contribution in [0.1, 0.15) is 22.9 Å². The van der Waals surface area contributed by atoms with Crippen molar-refractivity contribution in [1.82, 2.24) is 5.32 Å². The molecular formula is C10H13N3O4S. The fourth-order valence-electron chi connectivity index (χ4n) is 2.17. The Balaban J connectivity index is 2.68.